The molecule has 0 radical (unpaired) electrons. The van der Waals surface area contributed by atoms with Gasteiger partial charge >= 0.3 is 5.69 Å². The van der Waals surface area contributed by atoms with Gasteiger partial charge < -0.3 is 14.2 Å². The maximum atomic E-state index is 12.2. The van der Waals surface area contributed by atoms with Crippen molar-refractivity contribution >= 4 is 11.3 Å². The molecule has 0 unspecified atom stereocenters. The molecule has 0 aliphatic carbocycles. The van der Waals surface area contributed by atoms with Gasteiger partial charge in [0.25, 0.3) is 5.56 Å². The molecule has 1 aliphatic rings. The van der Waals surface area contributed by atoms with Crippen molar-refractivity contribution < 1.29 is 14.2 Å². The number of thiophene rings is 1. The van der Waals surface area contributed by atoms with E-state index in [9.17, 15) is 9.59 Å². The van der Waals surface area contributed by atoms with Crippen LogP contribution in [-0.4, -0.2) is 29.1 Å². The summed E-state index contributed by atoms with van der Waals surface area (Å²) in [7, 11) is 0. The molecule has 140 valence electrons. The predicted molar refractivity (Wildman–Crippen MR) is 101 cm³/mol. The van der Waals surface area contributed by atoms with Crippen LogP contribution in [0.4, 0.5) is 0 Å². The monoisotopic (exact) mass is 386 g/mol. The van der Waals surface area contributed by atoms with E-state index in [2.05, 4.69) is 4.98 Å². The largest absolute Gasteiger partial charge is 0.371 e. The number of nitrogens with zero attached hydrogens (tertiary/aromatic N) is 1. The van der Waals surface area contributed by atoms with Gasteiger partial charge in [-0.3, -0.25) is 14.3 Å². The molecule has 1 fully saturated rings. The van der Waals surface area contributed by atoms with E-state index in [1.165, 1.54) is 22.1 Å². The number of rotatable bonds is 6. The number of nitrogens with one attached hydrogen (secondary N) is 1. The molecule has 0 bridgehead atoms. The Labute approximate surface area is 158 Å². The number of H-pyrrole nitrogens is 1. The van der Waals surface area contributed by atoms with Crippen molar-refractivity contribution in [1.82, 2.24) is 9.55 Å². The summed E-state index contributed by atoms with van der Waals surface area (Å²) < 4.78 is 18.3. The average Bonchev–Trinajstić information content (AvgIpc) is 3.35. The lowest BCUT2D eigenvalue weighted by molar-refractivity contribution is -0.118. The minimum atomic E-state index is -0.613. The van der Waals surface area contributed by atoms with Crippen LogP contribution in [0.1, 0.15) is 11.8 Å². The first kappa shape index (κ1) is 17.9. The standard InChI is InChI=1S/C19H18N2O5S/c22-18-14(15-7-4-8-27-15)9-21(19(23)20-18)16-11-25-17(26-16)12-24-10-13-5-2-1-3-6-13/h1-9,16-17H,10-12H2,(H,20,22,23)/t16-,17-/m1/s1. The van der Waals surface area contributed by atoms with Crippen molar-refractivity contribution in [3.63, 3.8) is 0 Å². The molecule has 0 saturated carbocycles. The third kappa shape index (κ3) is 4.09. The summed E-state index contributed by atoms with van der Waals surface area (Å²) in [5.74, 6) is 0. The van der Waals surface area contributed by atoms with Crippen molar-refractivity contribution in [2.75, 3.05) is 13.2 Å². The summed E-state index contributed by atoms with van der Waals surface area (Å²) in [5, 5.41) is 1.87. The third-order valence-electron chi connectivity index (χ3n) is 4.16. The maximum Gasteiger partial charge on any atom is 0.330 e. The number of aromatic amines is 1. The van der Waals surface area contributed by atoms with Crippen LogP contribution in [0.15, 0.2) is 63.6 Å². The summed E-state index contributed by atoms with van der Waals surface area (Å²) in [5.41, 5.74) is 0.543. The number of ether oxygens (including phenoxy) is 3. The first-order valence-electron chi connectivity index (χ1n) is 8.49. The molecule has 1 saturated heterocycles. The zero-order chi connectivity index (χ0) is 18.6. The predicted octanol–water partition coefficient (Wildman–Crippen LogP) is 2.35. The zero-order valence-corrected chi connectivity index (χ0v) is 15.2. The highest BCUT2D eigenvalue weighted by molar-refractivity contribution is 7.13. The van der Waals surface area contributed by atoms with Gasteiger partial charge in [-0.25, -0.2) is 4.79 Å². The van der Waals surface area contributed by atoms with E-state index in [1.807, 2.05) is 47.8 Å². The average molecular weight is 386 g/mol. The molecular weight excluding hydrogens is 368 g/mol. The summed E-state index contributed by atoms with van der Waals surface area (Å²) in [6, 6.07) is 13.5. The lowest BCUT2D eigenvalue weighted by atomic mass is 10.2. The number of aromatic nitrogens is 2. The van der Waals surface area contributed by atoms with Crippen LogP contribution in [-0.2, 0) is 20.8 Å². The van der Waals surface area contributed by atoms with Crippen LogP contribution in [0.3, 0.4) is 0 Å². The van der Waals surface area contributed by atoms with E-state index in [-0.39, 0.29) is 13.2 Å². The minimum absolute atomic E-state index is 0.204. The molecule has 27 heavy (non-hydrogen) atoms. The van der Waals surface area contributed by atoms with Crippen molar-refractivity contribution in [2.45, 2.75) is 19.1 Å². The van der Waals surface area contributed by atoms with E-state index >= 15 is 0 Å². The van der Waals surface area contributed by atoms with Gasteiger partial charge in [-0.2, -0.15) is 0 Å². The molecule has 1 aromatic carbocycles. The smallest absolute Gasteiger partial charge is 0.330 e. The SMILES string of the molecule is O=c1[nH]c(=O)n([C@H]2CO[C@@H](COCc3ccccc3)O2)cc1-c1cccs1. The van der Waals surface area contributed by atoms with Crippen molar-refractivity contribution in [1.29, 1.82) is 0 Å². The van der Waals surface area contributed by atoms with Crippen LogP contribution < -0.4 is 11.2 Å². The van der Waals surface area contributed by atoms with Gasteiger partial charge in [0.2, 0.25) is 0 Å². The third-order valence-corrected chi connectivity index (χ3v) is 5.07. The Hall–Kier alpha value is -2.52. The molecule has 2 atom stereocenters. The van der Waals surface area contributed by atoms with Gasteiger partial charge in [0.15, 0.2) is 12.5 Å². The lowest BCUT2D eigenvalue weighted by Crippen LogP contribution is -2.34. The Morgan fingerprint density at radius 3 is 2.81 bits per heavy atom. The minimum Gasteiger partial charge on any atom is -0.371 e. The molecule has 7 nitrogen and oxygen atoms in total. The number of hydrogen-bond donors (Lipinski definition) is 1. The summed E-state index contributed by atoms with van der Waals surface area (Å²) in [6.45, 7) is 0.909. The summed E-state index contributed by atoms with van der Waals surface area (Å²) >= 11 is 1.43. The van der Waals surface area contributed by atoms with Gasteiger partial charge in [0, 0.05) is 11.1 Å². The highest BCUT2D eigenvalue weighted by atomic mass is 32.1. The Morgan fingerprint density at radius 1 is 1.19 bits per heavy atom. The first-order valence-corrected chi connectivity index (χ1v) is 9.37. The molecule has 0 amide bonds. The van der Waals surface area contributed by atoms with E-state index in [0.717, 1.165) is 10.4 Å². The van der Waals surface area contributed by atoms with E-state index in [4.69, 9.17) is 14.2 Å². The van der Waals surface area contributed by atoms with Crippen LogP contribution in [0.25, 0.3) is 10.4 Å². The Balaban J connectivity index is 1.42. The van der Waals surface area contributed by atoms with Crippen LogP contribution in [0, 0.1) is 0 Å². The Morgan fingerprint density at radius 2 is 2.04 bits per heavy atom. The van der Waals surface area contributed by atoms with E-state index < -0.39 is 23.8 Å². The quantitative estimate of drug-likeness (QED) is 0.703. The van der Waals surface area contributed by atoms with Crippen LogP contribution >= 0.6 is 11.3 Å². The fourth-order valence-electron chi connectivity index (χ4n) is 2.83. The molecule has 3 aromatic rings. The van der Waals surface area contributed by atoms with E-state index in [1.54, 1.807) is 0 Å². The van der Waals surface area contributed by atoms with Crippen LogP contribution in [0.5, 0.6) is 0 Å². The van der Waals surface area contributed by atoms with Crippen LogP contribution in [0.2, 0.25) is 0 Å². The molecule has 1 N–H and O–H groups in total. The molecular formula is C19H18N2O5S. The molecule has 2 aromatic heterocycles. The van der Waals surface area contributed by atoms with Crippen molar-refractivity contribution in [3.05, 3.63) is 80.4 Å². The second-order valence-corrected chi connectivity index (χ2v) is 6.99. The van der Waals surface area contributed by atoms with E-state index in [0.29, 0.717) is 12.2 Å². The van der Waals surface area contributed by atoms with Gasteiger partial charge in [-0.15, -0.1) is 11.3 Å². The topological polar surface area (TPSA) is 82.6 Å². The fourth-order valence-corrected chi connectivity index (χ4v) is 3.56. The molecule has 4 rings (SSSR count). The number of hydrogen-bond acceptors (Lipinski definition) is 6. The molecule has 8 heteroatoms. The summed E-state index contributed by atoms with van der Waals surface area (Å²) in [4.78, 5) is 27.4. The molecule has 0 spiro atoms. The molecule has 1 aliphatic heterocycles. The highest BCUT2D eigenvalue weighted by Crippen LogP contribution is 2.24. The maximum absolute atomic E-state index is 12.2. The first-order chi connectivity index (χ1) is 13.2. The van der Waals surface area contributed by atoms with Gasteiger partial charge in [-0.1, -0.05) is 36.4 Å². The normalized spacial score (nSPS) is 19.4. The van der Waals surface area contributed by atoms with Gasteiger partial charge in [0.05, 0.1) is 25.4 Å². The Kier molecular flexibility index (Phi) is 5.30. The lowest BCUT2D eigenvalue weighted by Gasteiger charge is -2.14. The van der Waals surface area contributed by atoms with Gasteiger partial charge in [-0.05, 0) is 17.0 Å². The molecule has 3 heterocycles. The van der Waals surface area contributed by atoms with Crippen molar-refractivity contribution in [3.8, 4) is 10.4 Å². The second-order valence-electron chi connectivity index (χ2n) is 6.04. The Bertz CT molecular complexity index is 997. The second kappa shape index (κ2) is 8.01. The zero-order valence-electron chi connectivity index (χ0n) is 14.4. The summed E-state index contributed by atoms with van der Waals surface area (Å²) in [6.07, 6.45) is 0.343. The van der Waals surface area contributed by atoms with Gasteiger partial charge in [0.1, 0.15) is 0 Å². The fraction of sp³-hybridized carbons (Fsp3) is 0.263. The highest BCUT2D eigenvalue weighted by Gasteiger charge is 2.29. The van der Waals surface area contributed by atoms with Crippen molar-refractivity contribution in [2.24, 2.45) is 0 Å². The number of benzene rings is 1.